The number of halogens is 1. The third-order valence-electron chi connectivity index (χ3n) is 6.98. The number of amides is 2. The summed E-state index contributed by atoms with van der Waals surface area (Å²) in [4.78, 5) is 29.5. The Balaban J connectivity index is 0.00000256. The summed E-state index contributed by atoms with van der Waals surface area (Å²) in [5.41, 5.74) is 1.52. The van der Waals surface area contributed by atoms with E-state index in [0.717, 1.165) is 44.5 Å². The van der Waals surface area contributed by atoms with Gasteiger partial charge in [0.15, 0.2) is 6.10 Å². The number of nitrogens with one attached hydrogen (secondary N) is 1. The maximum absolute atomic E-state index is 12.9. The van der Waals surface area contributed by atoms with Crippen molar-refractivity contribution in [3.05, 3.63) is 29.8 Å². The van der Waals surface area contributed by atoms with E-state index in [4.69, 9.17) is 4.74 Å². The molecular weight excluding hydrogens is 402 g/mol. The fourth-order valence-electron chi connectivity index (χ4n) is 4.86. The van der Waals surface area contributed by atoms with Gasteiger partial charge in [-0.1, -0.05) is 19.1 Å². The van der Waals surface area contributed by atoms with E-state index in [1.165, 1.54) is 5.56 Å². The van der Waals surface area contributed by atoms with Crippen LogP contribution >= 0.6 is 12.4 Å². The van der Waals surface area contributed by atoms with Gasteiger partial charge in [0.25, 0.3) is 5.91 Å². The maximum Gasteiger partial charge on any atom is 0.263 e. The number of nitrogens with zero attached hydrogens (tertiary/aromatic N) is 2. The zero-order chi connectivity index (χ0) is 20.4. The lowest BCUT2D eigenvalue weighted by Crippen LogP contribution is -2.53. The Morgan fingerprint density at radius 2 is 1.70 bits per heavy atom. The van der Waals surface area contributed by atoms with Crippen molar-refractivity contribution < 1.29 is 14.3 Å². The number of aryl methyl sites for hydroxylation is 1. The minimum absolute atomic E-state index is 0. The number of carbonyl (C=O) groups is 2. The Labute approximate surface area is 185 Å². The van der Waals surface area contributed by atoms with Gasteiger partial charge in [-0.3, -0.25) is 9.59 Å². The number of carbonyl (C=O) groups excluding carboxylic acids is 2. The number of benzene rings is 1. The van der Waals surface area contributed by atoms with E-state index in [1.54, 1.807) is 6.92 Å². The first-order valence-electron chi connectivity index (χ1n) is 11.1. The van der Waals surface area contributed by atoms with Gasteiger partial charge in [0.05, 0.1) is 0 Å². The Morgan fingerprint density at radius 3 is 2.30 bits per heavy atom. The van der Waals surface area contributed by atoms with Crippen molar-refractivity contribution in [3.63, 3.8) is 0 Å². The van der Waals surface area contributed by atoms with Gasteiger partial charge in [-0.25, -0.2) is 0 Å². The number of hydrogen-bond donors (Lipinski definition) is 1. The third kappa shape index (κ3) is 4.75. The van der Waals surface area contributed by atoms with Gasteiger partial charge in [0, 0.05) is 32.1 Å². The van der Waals surface area contributed by atoms with Crippen LogP contribution in [-0.2, 0) is 16.0 Å². The van der Waals surface area contributed by atoms with Gasteiger partial charge < -0.3 is 19.9 Å². The summed E-state index contributed by atoms with van der Waals surface area (Å²) in [6.07, 6.45) is 3.75. The van der Waals surface area contributed by atoms with Crippen molar-refractivity contribution in [1.29, 1.82) is 0 Å². The Hall–Kier alpha value is -1.79. The first-order valence-corrected chi connectivity index (χ1v) is 11.1. The molecule has 2 amide bonds. The molecule has 0 bridgehead atoms. The summed E-state index contributed by atoms with van der Waals surface area (Å²) < 4.78 is 5.85. The molecule has 2 heterocycles. The van der Waals surface area contributed by atoms with E-state index in [1.807, 2.05) is 34.1 Å². The topological polar surface area (TPSA) is 61.9 Å². The molecule has 1 N–H and O–H groups in total. The van der Waals surface area contributed by atoms with E-state index >= 15 is 0 Å². The van der Waals surface area contributed by atoms with Crippen LogP contribution in [0.25, 0.3) is 0 Å². The summed E-state index contributed by atoms with van der Waals surface area (Å²) in [5.74, 6) is 1.23. The highest BCUT2D eigenvalue weighted by Gasteiger charge is 2.58. The Kier molecular flexibility index (Phi) is 7.30. The summed E-state index contributed by atoms with van der Waals surface area (Å²) in [6, 6.07) is 7.91. The monoisotopic (exact) mass is 435 g/mol. The van der Waals surface area contributed by atoms with Gasteiger partial charge in [0.1, 0.15) is 5.75 Å². The average molecular weight is 436 g/mol. The molecule has 2 unspecified atom stereocenters. The lowest BCUT2D eigenvalue weighted by atomic mass is 9.91. The molecule has 3 fully saturated rings. The van der Waals surface area contributed by atoms with Crippen molar-refractivity contribution in [2.45, 2.75) is 45.6 Å². The SMILES string of the molecule is CCc1ccc(OC(C)C(=O)N2CCN(C(=O)C3CC34CCNCC4)CC2)cc1.Cl. The van der Waals surface area contributed by atoms with Crippen molar-refractivity contribution >= 4 is 24.2 Å². The first kappa shape index (κ1) is 22.9. The van der Waals surface area contributed by atoms with Crippen molar-refractivity contribution in [3.8, 4) is 5.75 Å². The largest absolute Gasteiger partial charge is 0.481 e. The quantitative estimate of drug-likeness (QED) is 0.771. The van der Waals surface area contributed by atoms with Gasteiger partial charge in [-0.15, -0.1) is 12.4 Å². The van der Waals surface area contributed by atoms with Crippen LogP contribution in [0.2, 0.25) is 0 Å². The molecule has 0 aromatic heterocycles. The molecule has 166 valence electrons. The molecule has 2 aliphatic heterocycles. The molecule has 7 heteroatoms. The average Bonchev–Trinajstić information content (AvgIpc) is 3.46. The second kappa shape index (κ2) is 9.56. The fourth-order valence-corrected chi connectivity index (χ4v) is 4.86. The number of piperazine rings is 1. The van der Waals surface area contributed by atoms with Crippen LogP contribution < -0.4 is 10.1 Å². The molecule has 1 aliphatic carbocycles. The minimum Gasteiger partial charge on any atom is -0.481 e. The normalized spacial score (nSPS) is 23.5. The highest BCUT2D eigenvalue weighted by atomic mass is 35.5. The molecule has 2 atom stereocenters. The van der Waals surface area contributed by atoms with Crippen molar-refractivity contribution in [2.75, 3.05) is 39.3 Å². The van der Waals surface area contributed by atoms with E-state index in [-0.39, 0.29) is 29.6 Å². The number of ether oxygens (including phenoxy) is 1. The Morgan fingerprint density at radius 1 is 1.10 bits per heavy atom. The zero-order valence-corrected chi connectivity index (χ0v) is 18.9. The van der Waals surface area contributed by atoms with Crippen LogP contribution in [0.4, 0.5) is 0 Å². The summed E-state index contributed by atoms with van der Waals surface area (Å²) >= 11 is 0. The maximum atomic E-state index is 12.9. The van der Waals surface area contributed by atoms with Crippen LogP contribution in [0.15, 0.2) is 24.3 Å². The standard InChI is InChI=1S/C23H33N3O3.ClH/c1-3-18-4-6-19(7-5-18)29-17(2)21(27)25-12-14-26(15-13-25)22(28)20-16-23(20)8-10-24-11-9-23;/h4-7,17,20,24H,3,8-16H2,1-2H3;1H. The third-order valence-corrected chi connectivity index (χ3v) is 6.98. The number of piperidine rings is 1. The second-order valence-electron chi connectivity index (χ2n) is 8.78. The summed E-state index contributed by atoms with van der Waals surface area (Å²) in [6.45, 7) is 8.43. The first-order chi connectivity index (χ1) is 14.0. The molecule has 6 nitrogen and oxygen atoms in total. The molecule has 4 rings (SSSR count). The van der Waals surface area contributed by atoms with Gasteiger partial charge in [0.2, 0.25) is 5.91 Å². The second-order valence-corrected chi connectivity index (χ2v) is 8.78. The van der Waals surface area contributed by atoms with Gasteiger partial charge in [-0.2, -0.15) is 0 Å². The van der Waals surface area contributed by atoms with Gasteiger partial charge >= 0.3 is 0 Å². The molecule has 1 aromatic rings. The number of hydrogen-bond acceptors (Lipinski definition) is 4. The van der Waals surface area contributed by atoms with Crippen LogP contribution in [0, 0.1) is 11.3 Å². The molecular formula is C23H34ClN3O3. The summed E-state index contributed by atoms with van der Waals surface area (Å²) in [7, 11) is 0. The fraction of sp³-hybridized carbons (Fsp3) is 0.652. The number of rotatable bonds is 5. The predicted octanol–water partition coefficient (Wildman–Crippen LogP) is 2.50. The summed E-state index contributed by atoms with van der Waals surface area (Å²) in [5, 5.41) is 3.39. The zero-order valence-electron chi connectivity index (χ0n) is 18.1. The molecule has 1 saturated carbocycles. The van der Waals surface area contributed by atoms with Crippen LogP contribution in [0.1, 0.15) is 38.7 Å². The Bertz CT molecular complexity index is 741. The molecule has 2 saturated heterocycles. The smallest absolute Gasteiger partial charge is 0.263 e. The van der Waals surface area contributed by atoms with Crippen molar-refractivity contribution in [1.82, 2.24) is 15.1 Å². The highest BCUT2D eigenvalue weighted by Crippen LogP contribution is 2.59. The molecule has 30 heavy (non-hydrogen) atoms. The molecule has 1 aromatic carbocycles. The molecule has 1 spiro atoms. The van der Waals surface area contributed by atoms with E-state index in [9.17, 15) is 9.59 Å². The van der Waals surface area contributed by atoms with E-state index in [0.29, 0.717) is 32.1 Å². The lowest BCUT2D eigenvalue weighted by Gasteiger charge is -2.36. The van der Waals surface area contributed by atoms with Crippen molar-refractivity contribution in [2.24, 2.45) is 11.3 Å². The van der Waals surface area contributed by atoms with E-state index in [2.05, 4.69) is 12.2 Å². The molecule has 3 aliphatic rings. The highest BCUT2D eigenvalue weighted by molar-refractivity contribution is 5.85. The predicted molar refractivity (Wildman–Crippen MR) is 119 cm³/mol. The lowest BCUT2D eigenvalue weighted by molar-refractivity contribution is -0.144. The minimum atomic E-state index is -0.522. The van der Waals surface area contributed by atoms with Crippen LogP contribution in [-0.4, -0.2) is 67.0 Å². The van der Waals surface area contributed by atoms with E-state index < -0.39 is 6.10 Å². The van der Waals surface area contributed by atoms with Crippen LogP contribution in [0.3, 0.4) is 0 Å². The van der Waals surface area contributed by atoms with Crippen LogP contribution in [0.5, 0.6) is 5.75 Å². The van der Waals surface area contributed by atoms with Gasteiger partial charge in [-0.05, 0) is 68.8 Å². The molecule has 0 radical (unpaired) electrons.